The first kappa shape index (κ1) is 22.8. The van der Waals surface area contributed by atoms with Gasteiger partial charge in [-0.05, 0) is 43.9 Å². The highest BCUT2D eigenvalue weighted by Crippen LogP contribution is 2.30. The number of carbonyl (C=O) groups excluding carboxylic acids is 2. The molecule has 0 aliphatic carbocycles. The zero-order chi connectivity index (χ0) is 22.4. The number of aromatic nitrogens is 1. The van der Waals surface area contributed by atoms with Gasteiger partial charge in [0, 0.05) is 43.2 Å². The molecule has 1 aromatic heterocycles. The molecule has 1 fully saturated rings. The van der Waals surface area contributed by atoms with Crippen LogP contribution in [0.2, 0.25) is 0 Å². The van der Waals surface area contributed by atoms with E-state index in [1.807, 2.05) is 48.2 Å². The number of likely N-dealkylation sites (tertiary alicyclic amines) is 1. The summed E-state index contributed by atoms with van der Waals surface area (Å²) >= 11 is 0. The van der Waals surface area contributed by atoms with Crippen molar-refractivity contribution in [2.75, 3.05) is 20.2 Å². The highest BCUT2D eigenvalue weighted by molar-refractivity contribution is 5.95. The number of methoxy groups -OCH3 is 1. The van der Waals surface area contributed by atoms with Gasteiger partial charge in [-0.3, -0.25) is 14.6 Å². The van der Waals surface area contributed by atoms with E-state index in [1.54, 1.807) is 7.11 Å². The molecule has 1 aliphatic rings. The largest absolute Gasteiger partial charge is 0.496 e. The number of nitrogens with one attached hydrogen (secondary N) is 1. The van der Waals surface area contributed by atoms with Gasteiger partial charge < -0.3 is 15.0 Å². The minimum Gasteiger partial charge on any atom is -0.496 e. The Labute approximate surface area is 185 Å². The molecule has 2 amide bonds. The fourth-order valence-corrected chi connectivity index (χ4v) is 4.08. The lowest BCUT2D eigenvalue weighted by Gasteiger charge is -2.33. The molecular formula is C25H33N3O3. The lowest BCUT2D eigenvalue weighted by Crippen LogP contribution is -2.39. The normalized spacial score (nSPS) is 14.5. The average Bonchev–Trinajstić information content (AvgIpc) is 2.77. The zero-order valence-corrected chi connectivity index (χ0v) is 19.0. The second-order valence-corrected chi connectivity index (χ2v) is 8.63. The number of hydrogen-bond donors (Lipinski definition) is 1. The molecule has 0 atom stereocenters. The van der Waals surface area contributed by atoms with Crippen molar-refractivity contribution in [1.82, 2.24) is 15.2 Å². The van der Waals surface area contributed by atoms with Crippen LogP contribution in [0, 0.1) is 12.8 Å². The van der Waals surface area contributed by atoms with Gasteiger partial charge in [0.25, 0.3) is 5.91 Å². The van der Waals surface area contributed by atoms with Gasteiger partial charge in [0.1, 0.15) is 5.75 Å². The van der Waals surface area contributed by atoms with Gasteiger partial charge in [0.05, 0.1) is 18.4 Å². The minimum absolute atomic E-state index is 0.133. The van der Waals surface area contributed by atoms with Crippen molar-refractivity contribution in [3.05, 3.63) is 58.9 Å². The predicted molar refractivity (Wildman–Crippen MR) is 121 cm³/mol. The molecular weight excluding hydrogens is 390 g/mol. The maximum absolute atomic E-state index is 13.0. The van der Waals surface area contributed by atoms with Crippen LogP contribution in [0.5, 0.6) is 5.75 Å². The maximum atomic E-state index is 13.0. The van der Waals surface area contributed by atoms with Crippen LogP contribution in [0.3, 0.4) is 0 Å². The topological polar surface area (TPSA) is 71.5 Å². The molecule has 0 unspecified atom stereocenters. The quantitative estimate of drug-likeness (QED) is 0.728. The first-order chi connectivity index (χ1) is 14.9. The van der Waals surface area contributed by atoms with Crippen molar-refractivity contribution in [3.8, 4) is 5.75 Å². The Bertz CT molecular complexity index is 918. The SMILES string of the molecule is COc1ccccc1CNC(=O)c1ccc(C)nc1C1CCN(C(=O)CC(C)C)CC1. The van der Waals surface area contributed by atoms with Gasteiger partial charge in [0.2, 0.25) is 5.91 Å². The van der Waals surface area contributed by atoms with Crippen LogP contribution in [0.25, 0.3) is 0 Å². The lowest BCUT2D eigenvalue weighted by atomic mass is 9.89. The van der Waals surface area contributed by atoms with Crippen LogP contribution in [0.1, 0.15) is 66.3 Å². The van der Waals surface area contributed by atoms with E-state index in [2.05, 4.69) is 19.2 Å². The summed E-state index contributed by atoms with van der Waals surface area (Å²) in [6, 6.07) is 11.4. The first-order valence-electron chi connectivity index (χ1n) is 11.0. The highest BCUT2D eigenvalue weighted by atomic mass is 16.5. The molecule has 0 radical (unpaired) electrons. The van der Waals surface area contributed by atoms with E-state index >= 15 is 0 Å². The molecule has 1 N–H and O–H groups in total. The van der Waals surface area contributed by atoms with Gasteiger partial charge in [-0.1, -0.05) is 32.0 Å². The highest BCUT2D eigenvalue weighted by Gasteiger charge is 2.28. The number of carbonyl (C=O) groups is 2. The van der Waals surface area contributed by atoms with Gasteiger partial charge in [-0.15, -0.1) is 0 Å². The summed E-state index contributed by atoms with van der Waals surface area (Å²) in [5.74, 6) is 1.38. The van der Waals surface area contributed by atoms with Crippen molar-refractivity contribution >= 4 is 11.8 Å². The van der Waals surface area contributed by atoms with E-state index in [4.69, 9.17) is 9.72 Å². The zero-order valence-electron chi connectivity index (χ0n) is 19.0. The summed E-state index contributed by atoms with van der Waals surface area (Å²) in [6.45, 7) is 7.90. The Balaban J connectivity index is 1.69. The van der Waals surface area contributed by atoms with Crippen LogP contribution < -0.4 is 10.1 Å². The smallest absolute Gasteiger partial charge is 0.253 e. The third-order valence-electron chi connectivity index (χ3n) is 5.76. The fourth-order valence-electron chi connectivity index (χ4n) is 4.08. The molecule has 2 aromatic rings. The second-order valence-electron chi connectivity index (χ2n) is 8.63. The Morgan fingerprint density at radius 1 is 1.16 bits per heavy atom. The molecule has 6 nitrogen and oxygen atoms in total. The molecule has 6 heteroatoms. The van der Waals surface area contributed by atoms with E-state index < -0.39 is 0 Å². The van der Waals surface area contributed by atoms with E-state index in [9.17, 15) is 9.59 Å². The number of hydrogen-bond acceptors (Lipinski definition) is 4. The Kier molecular flexibility index (Phi) is 7.66. The predicted octanol–water partition coefficient (Wildman–Crippen LogP) is 4.08. The van der Waals surface area contributed by atoms with E-state index in [0.29, 0.717) is 37.5 Å². The van der Waals surface area contributed by atoms with Crippen molar-refractivity contribution in [2.45, 2.75) is 52.5 Å². The van der Waals surface area contributed by atoms with E-state index in [1.165, 1.54) is 0 Å². The molecule has 0 spiro atoms. The monoisotopic (exact) mass is 423 g/mol. The Morgan fingerprint density at radius 3 is 2.55 bits per heavy atom. The summed E-state index contributed by atoms with van der Waals surface area (Å²) in [6.07, 6.45) is 2.24. The molecule has 1 aromatic carbocycles. The Morgan fingerprint density at radius 2 is 1.87 bits per heavy atom. The summed E-state index contributed by atoms with van der Waals surface area (Å²) < 4.78 is 5.38. The van der Waals surface area contributed by atoms with Crippen molar-refractivity contribution < 1.29 is 14.3 Å². The second kappa shape index (κ2) is 10.4. The number of aryl methyl sites for hydroxylation is 1. The van der Waals surface area contributed by atoms with E-state index in [-0.39, 0.29) is 17.7 Å². The molecule has 166 valence electrons. The van der Waals surface area contributed by atoms with E-state index in [0.717, 1.165) is 35.5 Å². The summed E-state index contributed by atoms with van der Waals surface area (Å²) in [5, 5.41) is 3.01. The average molecular weight is 424 g/mol. The van der Waals surface area contributed by atoms with Crippen molar-refractivity contribution in [1.29, 1.82) is 0 Å². The van der Waals surface area contributed by atoms with Crippen LogP contribution in [0.15, 0.2) is 36.4 Å². The van der Waals surface area contributed by atoms with Gasteiger partial charge in [0.15, 0.2) is 0 Å². The molecule has 1 saturated heterocycles. The van der Waals surface area contributed by atoms with Gasteiger partial charge >= 0.3 is 0 Å². The van der Waals surface area contributed by atoms with Gasteiger partial charge in [-0.25, -0.2) is 0 Å². The third kappa shape index (κ3) is 5.84. The maximum Gasteiger partial charge on any atom is 0.253 e. The number of amides is 2. The molecule has 1 aliphatic heterocycles. The fraction of sp³-hybridized carbons (Fsp3) is 0.480. The summed E-state index contributed by atoms with van der Waals surface area (Å²) in [5.41, 5.74) is 3.28. The number of ether oxygens (including phenoxy) is 1. The van der Waals surface area contributed by atoms with Crippen molar-refractivity contribution in [3.63, 3.8) is 0 Å². The Hall–Kier alpha value is -2.89. The van der Waals surface area contributed by atoms with Crippen LogP contribution in [-0.4, -0.2) is 41.9 Å². The third-order valence-corrected chi connectivity index (χ3v) is 5.76. The number of para-hydroxylation sites is 1. The molecule has 3 rings (SSSR count). The lowest BCUT2D eigenvalue weighted by molar-refractivity contribution is -0.133. The number of nitrogens with zero attached hydrogens (tertiary/aromatic N) is 2. The number of piperidine rings is 1. The molecule has 0 bridgehead atoms. The number of rotatable bonds is 7. The minimum atomic E-state index is -0.133. The summed E-state index contributed by atoms with van der Waals surface area (Å²) in [4.78, 5) is 32.1. The van der Waals surface area contributed by atoms with Gasteiger partial charge in [-0.2, -0.15) is 0 Å². The van der Waals surface area contributed by atoms with Crippen LogP contribution in [0.4, 0.5) is 0 Å². The standard InChI is InChI=1S/C25H33N3O3/c1-17(2)15-23(29)28-13-11-19(12-14-28)24-21(10-9-18(3)27-24)25(30)26-16-20-7-5-6-8-22(20)31-4/h5-10,17,19H,11-16H2,1-4H3,(H,26,30). The number of pyridine rings is 1. The first-order valence-corrected chi connectivity index (χ1v) is 11.0. The molecule has 0 saturated carbocycles. The van der Waals surface area contributed by atoms with Crippen molar-refractivity contribution in [2.24, 2.45) is 5.92 Å². The van der Waals surface area contributed by atoms with Crippen LogP contribution in [-0.2, 0) is 11.3 Å². The van der Waals surface area contributed by atoms with Crippen LogP contribution >= 0.6 is 0 Å². The number of benzene rings is 1. The summed E-state index contributed by atoms with van der Waals surface area (Å²) in [7, 11) is 1.63. The molecule has 2 heterocycles. The molecule has 31 heavy (non-hydrogen) atoms.